The van der Waals surface area contributed by atoms with Gasteiger partial charge >= 0.3 is 6.18 Å². The van der Waals surface area contributed by atoms with Gasteiger partial charge in [-0.25, -0.2) is 4.39 Å². The lowest BCUT2D eigenvalue weighted by Gasteiger charge is -2.08. The van der Waals surface area contributed by atoms with Gasteiger partial charge < -0.3 is 10.7 Å². The molecule has 104 valence electrons. The molecule has 2 aromatic rings. The molecule has 0 aliphatic carbocycles. The fraction of sp³-hybridized carbons (Fsp3) is 0.385. The lowest BCUT2D eigenvalue weighted by Crippen LogP contribution is -2.12. The molecule has 0 amide bonds. The molecule has 0 bridgehead atoms. The van der Waals surface area contributed by atoms with Crippen LogP contribution in [0.4, 0.5) is 17.6 Å². The number of aryl methyl sites for hydroxylation is 1. The fourth-order valence-corrected chi connectivity index (χ4v) is 2.34. The van der Waals surface area contributed by atoms with Crippen LogP contribution in [0.1, 0.15) is 23.7 Å². The molecule has 0 spiro atoms. The minimum absolute atomic E-state index is 0.0568. The number of nitrogens with one attached hydrogen (secondary N) is 1. The Bertz CT molecular complexity index is 599. The zero-order valence-electron chi connectivity index (χ0n) is 10.4. The van der Waals surface area contributed by atoms with E-state index in [4.69, 9.17) is 5.73 Å². The zero-order valence-corrected chi connectivity index (χ0v) is 10.4. The van der Waals surface area contributed by atoms with E-state index < -0.39 is 17.7 Å². The number of hydrogen-bond acceptors (Lipinski definition) is 1. The molecular formula is C13H14F4N2. The van der Waals surface area contributed by atoms with Gasteiger partial charge in [-0.2, -0.15) is 13.2 Å². The standard InChI is InChI=1S/C13H14F4N2/c1-2-7-3-4-9(14)11-10(7)8(5-6-18)12(19-11)13(15,16)17/h3-4,19H,2,5-6,18H2,1H3. The number of hydrogen-bond donors (Lipinski definition) is 2. The van der Waals surface area contributed by atoms with E-state index in [0.717, 1.165) is 0 Å². The van der Waals surface area contributed by atoms with Gasteiger partial charge in [0.05, 0.1) is 5.52 Å². The van der Waals surface area contributed by atoms with Crippen LogP contribution in [-0.2, 0) is 19.0 Å². The third-order valence-corrected chi connectivity index (χ3v) is 3.15. The summed E-state index contributed by atoms with van der Waals surface area (Å²) in [6, 6.07) is 2.70. The lowest BCUT2D eigenvalue weighted by atomic mass is 10.0. The smallest absolute Gasteiger partial charge is 0.348 e. The summed E-state index contributed by atoms with van der Waals surface area (Å²) in [4.78, 5) is 2.18. The Hall–Kier alpha value is -1.56. The van der Waals surface area contributed by atoms with Gasteiger partial charge in [-0.1, -0.05) is 13.0 Å². The Kier molecular flexibility index (Phi) is 3.54. The van der Waals surface area contributed by atoms with E-state index in [-0.39, 0.29) is 24.0 Å². The maximum atomic E-state index is 13.7. The summed E-state index contributed by atoms with van der Waals surface area (Å²) >= 11 is 0. The van der Waals surface area contributed by atoms with Gasteiger partial charge in [-0.15, -0.1) is 0 Å². The van der Waals surface area contributed by atoms with Crippen molar-refractivity contribution < 1.29 is 17.6 Å². The van der Waals surface area contributed by atoms with Crippen LogP contribution in [0.25, 0.3) is 10.9 Å². The summed E-state index contributed by atoms with van der Waals surface area (Å²) in [5.41, 5.74) is 5.14. The predicted octanol–water partition coefficient (Wildman–Crippen LogP) is 3.39. The second kappa shape index (κ2) is 4.85. The zero-order chi connectivity index (χ0) is 14.2. The van der Waals surface area contributed by atoms with Crippen LogP contribution in [-0.4, -0.2) is 11.5 Å². The Morgan fingerprint density at radius 3 is 2.47 bits per heavy atom. The molecule has 0 aliphatic heterocycles. The second-order valence-electron chi connectivity index (χ2n) is 4.33. The maximum Gasteiger partial charge on any atom is 0.431 e. The molecule has 19 heavy (non-hydrogen) atoms. The summed E-state index contributed by atoms with van der Waals surface area (Å²) in [5.74, 6) is -0.680. The first-order valence-electron chi connectivity index (χ1n) is 5.99. The molecule has 2 rings (SSSR count). The van der Waals surface area contributed by atoms with Crippen LogP contribution < -0.4 is 5.73 Å². The summed E-state index contributed by atoms with van der Waals surface area (Å²) in [6.45, 7) is 1.90. The molecule has 0 saturated heterocycles. The average molecular weight is 274 g/mol. The molecular weight excluding hydrogens is 260 g/mol. The van der Waals surface area contributed by atoms with E-state index in [2.05, 4.69) is 4.98 Å². The third-order valence-electron chi connectivity index (χ3n) is 3.15. The van der Waals surface area contributed by atoms with E-state index in [9.17, 15) is 17.6 Å². The molecule has 1 heterocycles. The van der Waals surface area contributed by atoms with E-state index in [1.54, 1.807) is 0 Å². The molecule has 0 fully saturated rings. The molecule has 0 aliphatic rings. The first-order chi connectivity index (χ1) is 8.90. The molecule has 1 aromatic carbocycles. The second-order valence-corrected chi connectivity index (χ2v) is 4.33. The van der Waals surface area contributed by atoms with Crippen molar-refractivity contribution in [3.05, 3.63) is 34.8 Å². The normalized spacial score (nSPS) is 12.3. The predicted molar refractivity (Wildman–Crippen MR) is 65.4 cm³/mol. The highest BCUT2D eigenvalue weighted by molar-refractivity contribution is 5.88. The number of benzene rings is 1. The molecule has 2 nitrogen and oxygen atoms in total. The van der Waals surface area contributed by atoms with Crippen molar-refractivity contribution in [2.45, 2.75) is 25.9 Å². The Morgan fingerprint density at radius 1 is 1.26 bits per heavy atom. The molecule has 1 aromatic heterocycles. The number of H-pyrrole nitrogens is 1. The first-order valence-corrected chi connectivity index (χ1v) is 5.99. The SMILES string of the molecule is CCc1ccc(F)c2[nH]c(C(F)(F)F)c(CCN)c12. The van der Waals surface area contributed by atoms with Gasteiger partial charge in [0.1, 0.15) is 11.5 Å². The molecule has 0 radical (unpaired) electrons. The van der Waals surface area contributed by atoms with Crippen LogP contribution in [0.3, 0.4) is 0 Å². The number of halogens is 4. The number of nitrogens with two attached hydrogens (primary N) is 1. The fourth-order valence-electron chi connectivity index (χ4n) is 2.34. The number of alkyl halides is 3. The van der Waals surface area contributed by atoms with Crippen molar-refractivity contribution in [3.63, 3.8) is 0 Å². The van der Waals surface area contributed by atoms with Gasteiger partial charge in [0.15, 0.2) is 0 Å². The van der Waals surface area contributed by atoms with E-state index >= 15 is 0 Å². The summed E-state index contributed by atoms with van der Waals surface area (Å²) in [5, 5.41) is 0.320. The van der Waals surface area contributed by atoms with E-state index in [0.29, 0.717) is 17.4 Å². The van der Waals surface area contributed by atoms with Gasteiger partial charge in [-0.05, 0) is 36.6 Å². The van der Waals surface area contributed by atoms with E-state index in [1.165, 1.54) is 12.1 Å². The van der Waals surface area contributed by atoms with Gasteiger partial charge in [0, 0.05) is 5.39 Å². The summed E-state index contributed by atoms with van der Waals surface area (Å²) in [6.07, 6.45) is -3.95. The quantitative estimate of drug-likeness (QED) is 0.828. The number of fused-ring (bicyclic) bond motifs is 1. The van der Waals surface area contributed by atoms with Gasteiger partial charge in [0.2, 0.25) is 0 Å². The Balaban J connectivity index is 2.84. The van der Waals surface area contributed by atoms with Crippen molar-refractivity contribution in [2.75, 3.05) is 6.54 Å². The van der Waals surface area contributed by atoms with Crippen LogP contribution in [0.15, 0.2) is 12.1 Å². The van der Waals surface area contributed by atoms with Crippen LogP contribution in [0, 0.1) is 5.82 Å². The minimum Gasteiger partial charge on any atom is -0.348 e. The number of aromatic nitrogens is 1. The lowest BCUT2D eigenvalue weighted by molar-refractivity contribution is -0.141. The van der Waals surface area contributed by atoms with Crippen LogP contribution >= 0.6 is 0 Å². The highest BCUT2D eigenvalue weighted by Crippen LogP contribution is 2.37. The van der Waals surface area contributed by atoms with Gasteiger partial charge in [0.25, 0.3) is 0 Å². The topological polar surface area (TPSA) is 41.8 Å². The van der Waals surface area contributed by atoms with Crippen LogP contribution in [0.2, 0.25) is 0 Å². The van der Waals surface area contributed by atoms with Crippen molar-refractivity contribution in [2.24, 2.45) is 5.73 Å². The van der Waals surface area contributed by atoms with Gasteiger partial charge in [-0.3, -0.25) is 0 Å². The number of aromatic amines is 1. The van der Waals surface area contributed by atoms with E-state index in [1.807, 2.05) is 6.92 Å². The highest BCUT2D eigenvalue weighted by Gasteiger charge is 2.36. The minimum atomic E-state index is -4.54. The van der Waals surface area contributed by atoms with Crippen molar-refractivity contribution >= 4 is 10.9 Å². The monoisotopic (exact) mass is 274 g/mol. The van der Waals surface area contributed by atoms with Crippen molar-refractivity contribution in [1.29, 1.82) is 0 Å². The van der Waals surface area contributed by atoms with Crippen molar-refractivity contribution in [3.8, 4) is 0 Å². The molecule has 0 unspecified atom stereocenters. The average Bonchev–Trinajstić information content (AvgIpc) is 2.71. The maximum absolute atomic E-state index is 13.7. The molecule has 0 saturated carbocycles. The third kappa shape index (κ3) is 2.32. The first kappa shape index (κ1) is 13.9. The van der Waals surface area contributed by atoms with Crippen LogP contribution in [0.5, 0.6) is 0 Å². The molecule has 3 N–H and O–H groups in total. The Labute approximate surface area is 107 Å². The van der Waals surface area contributed by atoms with Crippen molar-refractivity contribution in [1.82, 2.24) is 4.98 Å². The Morgan fingerprint density at radius 2 is 1.95 bits per heavy atom. The summed E-state index contributed by atoms with van der Waals surface area (Å²) < 4.78 is 52.6. The molecule has 6 heteroatoms. The highest BCUT2D eigenvalue weighted by atomic mass is 19.4. The number of rotatable bonds is 3. The summed E-state index contributed by atoms with van der Waals surface area (Å²) in [7, 11) is 0. The largest absolute Gasteiger partial charge is 0.431 e. The molecule has 0 atom stereocenters.